The van der Waals surface area contributed by atoms with E-state index in [1.807, 2.05) is 11.9 Å². The predicted octanol–water partition coefficient (Wildman–Crippen LogP) is 3.69. The lowest BCUT2D eigenvalue weighted by atomic mass is 10.1. The van der Waals surface area contributed by atoms with Crippen LogP contribution in [-0.4, -0.2) is 24.4 Å². The Morgan fingerprint density at radius 3 is 2.26 bits per heavy atom. The first kappa shape index (κ1) is 15.7. The average molecular weight is 261 g/mol. The van der Waals surface area contributed by atoms with Crippen molar-refractivity contribution in [3.8, 4) is 0 Å². The second kappa shape index (κ2) is 7.98. The van der Waals surface area contributed by atoms with Crippen molar-refractivity contribution in [2.45, 2.75) is 46.5 Å². The Bertz CT molecular complexity index is 381. The van der Waals surface area contributed by atoms with Crippen LogP contribution >= 0.6 is 0 Å². The molecule has 0 aromatic heterocycles. The SMILES string of the molecule is CCc1ccc(CCC(=O)N(C)CCC(C)C)cc1. The van der Waals surface area contributed by atoms with Crippen molar-refractivity contribution in [1.29, 1.82) is 0 Å². The lowest BCUT2D eigenvalue weighted by Gasteiger charge is -2.18. The molecular formula is C17H27NO. The van der Waals surface area contributed by atoms with Crippen molar-refractivity contribution in [2.75, 3.05) is 13.6 Å². The molecule has 0 unspecified atom stereocenters. The molecular weight excluding hydrogens is 234 g/mol. The van der Waals surface area contributed by atoms with Crippen molar-refractivity contribution < 1.29 is 4.79 Å². The van der Waals surface area contributed by atoms with Crippen molar-refractivity contribution in [1.82, 2.24) is 4.90 Å². The van der Waals surface area contributed by atoms with Crippen LogP contribution in [0, 0.1) is 5.92 Å². The maximum Gasteiger partial charge on any atom is 0.222 e. The number of amides is 1. The molecule has 1 aromatic rings. The summed E-state index contributed by atoms with van der Waals surface area (Å²) in [5, 5.41) is 0. The molecule has 0 aliphatic rings. The Balaban J connectivity index is 2.36. The summed E-state index contributed by atoms with van der Waals surface area (Å²) in [6.45, 7) is 7.40. The highest BCUT2D eigenvalue weighted by Gasteiger charge is 2.09. The number of aryl methyl sites for hydroxylation is 2. The first-order chi connectivity index (χ1) is 9.02. The molecule has 1 amide bonds. The number of hydrogen-bond acceptors (Lipinski definition) is 1. The van der Waals surface area contributed by atoms with Gasteiger partial charge in [-0.3, -0.25) is 4.79 Å². The Labute approximate surface area is 117 Å². The van der Waals surface area contributed by atoms with Gasteiger partial charge < -0.3 is 4.90 Å². The molecule has 0 bridgehead atoms. The van der Waals surface area contributed by atoms with Gasteiger partial charge in [0.2, 0.25) is 5.91 Å². The quantitative estimate of drug-likeness (QED) is 0.733. The van der Waals surface area contributed by atoms with Crippen LogP contribution in [0.2, 0.25) is 0 Å². The fourth-order valence-corrected chi connectivity index (χ4v) is 1.96. The van der Waals surface area contributed by atoms with Crippen LogP contribution in [0.25, 0.3) is 0 Å². The fraction of sp³-hybridized carbons (Fsp3) is 0.588. The average Bonchev–Trinajstić information content (AvgIpc) is 2.42. The van der Waals surface area contributed by atoms with E-state index in [2.05, 4.69) is 45.0 Å². The summed E-state index contributed by atoms with van der Waals surface area (Å²) in [5.41, 5.74) is 2.60. The normalized spacial score (nSPS) is 10.8. The summed E-state index contributed by atoms with van der Waals surface area (Å²) >= 11 is 0. The number of rotatable bonds is 7. The molecule has 1 aromatic carbocycles. The predicted molar refractivity (Wildman–Crippen MR) is 81.2 cm³/mol. The van der Waals surface area contributed by atoms with Gasteiger partial charge in [0.1, 0.15) is 0 Å². The van der Waals surface area contributed by atoms with Crippen molar-refractivity contribution in [3.05, 3.63) is 35.4 Å². The van der Waals surface area contributed by atoms with Gasteiger partial charge in [-0.1, -0.05) is 45.0 Å². The van der Waals surface area contributed by atoms with E-state index in [4.69, 9.17) is 0 Å². The van der Waals surface area contributed by atoms with Gasteiger partial charge in [0.25, 0.3) is 0 Å². The van der Waals surface area contributed by atoms with Gasteiger partial charge in [0.15, 0.2) is 0 Å². The third-order valence-electron chi connectivity index (χ3n) is 3.53. The van der Waals surface area contributed by atoms with Crippen LogP contribution in [0.1, 0.15) is 44.7 Å². The van der Waals surface area contributed by atoms with Gasteiger partial charge in [-0.15, -0.1) is 0 Å². The molecule has 0 fully saturated rings. The summed E-state index contributed by atoms with van der Waals surface area (Å²) in [5.74, 6) is 0.900. The molecule has 1 rings (SSSR count). The Morgan fingerprint density at radius 2 is 1.74 bits per heavy atom. The van der Waals surface area contributed by atoms with Gasteiger partial charge in [-0.25, -0.2) is 0 Å². The van der Waals surface area contributed by atoms with Crippen molar-refractivity contribution in [2.24, 2.45) is 5.92 Å². The molecule has 2 nitrogen and oxygen atoms in total. The molecule has 0 N–H and O–H groups in total. The molecule has 2 heteroatoms. The number of carbonyl (C=O) groups excluding carboxylic acids is 1. The monoisotopic (exact) mass is 261 g/mol. The van der Waals surface area contributed by atoms with Crippen LogP contribution in [-0.2, 0) is 17.6 Å². The van der Waals surface area contributed by atoms with E-state index in [9.17, 15) is 4.79 Å². The van der Waals surface area contributed by atoms with E-state index in [1.54, 1.807) is 0 Å². The summed E-state index contributed by atoms with van der Waals surface area (Å²) in [7, 11) is 1.91. The van der Waals surface area contributed by atoms with Crippen LogP contribution in [0.5, 0.6) is 0 Å². The maximum atomic E-state index is 12.0. The first-order valence-corrected chi connectivity index (χ1v) is 7.34. The van der Waals surface area contributed by atoms with E-state index < -0.39 is 0 Å². The maximum absolute atomic E-state index is 12.0. The van der Waals surface area contributed by atoms with Crippen molar-refractivity contribution in [3.63, 3.8) is 0 Å². The van der Waals surface area contributed by atoms with Gasteiger partial charge in [-0.2, -0.15) is 0 Å². The minimum Gasteiger partial charge on any atom is -0.346 e. The molecule has 0 atom stereocenters. The van der Waals surface area contributed by atoms with Gasteiger partial charge in [0.05, 0.1) is 0 Å². The molecule has 0 spiro atoms. The number of hydrogen-bond donors (Lipinski definition) is 0. The van der Waals surface area contributed by atoms with Gasteiger partial charge in [-0.05, 0) is 36.3 Å². The van der Waals surface area contributed by atoms with E-state index in [-0.39, 0.29) is 5.91 Å². The highest BCUT2D eigenvalue weighted by atomic mass is 16.2. The summed E-state index contributed by atoms with van der Waals surface area (Å²) < 4.78 is 0. The van der Waals surface area contributed by atoms with E-state index in [1.165, 1.54) is 11.1 Å². The number of nitrogens with zero attached hydrogens (tertiary/aromatic N) is 1. The molecule has 0 radical (unpaired) electrons. The third kappa shape index (κ3) is 5.91. The summed E-state index contributed by atoms with van der Waals surface area (Å²) in [6.07, 6.45) is 3.60. The summed E-state index contributed by atoms with van der Waals surface area (Å²) in [6, 6.07) is 8.59. The molecule has 0 saturated carbocycles. The van der Waals surface area contributed by atoms with E-state index in [0.29, 0.717) is 12.3 Å². The molecule has 19 heavy (non-hydrogen) atoms. The molecule has 106 valence electrons. The van der Waals surface area contributed by atoms with E-state index in [0.717, 1.165) is 25.8 Å². The van der Waals surface area contributed by atoms with Crippen LogP contribution in [0.15, 0.2) is 24.3 Å². The Kier molecular flexibility index (Phi) is 6.61. The zero-order chi connectivity index (χ0) is 14.3. The topological polar surface area (TPSA) is 20.3 Å². The molecule has 0 aliphatic heterocycles. The third-order valence-corrected chi connectivity index (χ3v) is 3.53. The molecule has 0 heterocycles. The largest absolute Gasteiger partial charge is 0.346 e. The van der Waals surface area contributed by atoms with Crippen LogP contribution in [0.3, 0.4) is 0 Å². The Morgan fingerprint density at radius 1 is 1.16 bits per heavy atom. The minimum absolute atomic E-state index is 0.250. The minimum atomic E-state index is 0.250. The number of benzene rings is 1. The summed E-state index contributed by atoms with van der Waals surface area (Å²) in [4.78, 5) is 13.8. The molecule has 0 saturated heterocycles. The second-order valence-electron chi connectivity index (χ2n) is 5.67. The zero-order valence-electron chi connectivity index (χ0n) is 12.8. The van der Waals surface area contributed by atoms with E-state index >= 15 is 0 Å². The molecule has 0 aliphatic carbocycles. The van der Waals surface area contributed by atoms with Crippen LogP contribution in [0.4, 0.5) is 0 Å². The fourth-order valence-electron chi connectivity index (χ4n) is 1.96. The lowest BCUT2D eigenvalue weighted by Crippen LogP contribution is -2.28. The standard InChI is InChI=1S/C17H27NO/c1-5-15-6-8-16(9-7-15)10-11-17(19)18(4)13-12-14(2)3/h6-9,14H,5,10-13H2,1-4H3. The lowest BCUT2D eigenvalue weighted by molar-refractivity contribution is -0.130. The van der Waals surface area contributed by atoms with Gasteiger partial charge in [0, 0.05) is 20.0 Å². The Hall–Kier alpha value is -1.31. The van der Waals surface area contributed by atoms with Crippen molar-refractivity contribution >= 4 is 5.91 Å². The second-order valence-corrected chi connectivity index (χ2v) is 5.67. The highest BCUT2D eigenvalue weighted by molar-refractivity contribution is 5.76. The highest BCUT2D eigenvalue weighted by Crippen LogP contribution is 2.09. The first-order valence-electron chi connectivity index (χ1n) is 7.34. The zero-order valence-corrected chi connectivity index (χ0v) is 12.8. The van der Waals surface area contributed by atoms with Gasteiger partial charge >= 0.3 is 0 Å². The number of carbonyl (C=O) groups is 1. The smallest absolute Gasteiger partial charge is 0.222 e. The van der Waals surface area contributed by atoms with Crippen LogP contribution < -0.4 is 0 Å².